The van der Waals surface area contributed by atoms with E-state index in [0.717, 1.165) is 15.7 Å². The molecule has 0 saturated heterocycles. The number of hydrogen-bond acceptors (Lipinski definition) is 5. The Bertz CT molecular complexity index is 1140. The summed E-state index contributed by atoms with van der Waals surface area (Å²) in [4.78, 5) is 37.3. The topological polar surface area (TPSA) is 91.6 Å². The lowest BCUT2D eigenvalue weighted by Crippen LogP contribution is -2.42. The van der Waals surface area contributed by atoms with Crippen LogP contribution in [0.25, 0.3) is 0 Å². The van der Waals surface area contributed by atoms with Gasteiger partial charge in [-0.3, -0.25) is 19.0 Å². The van der Waals surface area contributed by atoms with Crippen LogP contribution in [0, 0.1) is 6.92 Å². The van der Waals surface area contributed by atoms with Crippen LogP contribution in [0.2, 0.25) is 0 Å². The van der Waals surface area contributed by atoms with E-state index < -0.39 is 17.0 Å². The molecule has 0 aliphatic carbocycles. The Morgan fingerprint density at radius 3 is 2.07 bits per heavy atom. The van der Waals surface area contributed by atoms with E-state index in [1.807, 2.05) is 31.2 Å². The van der Waals surface area contributed by atoms with Gasteiger partial charge in [0.25, 0.3) is 0 Å². The molecule has 0 bridgehead atoms. The first-order chi connectivity index (χ1) is 14.4. The highest BCUT2D eigenvalue weighted by atomic mass is 16.5. The maximum Gasteiger partial charge on any atom is 0.316 e. The number of amides is 1. The van der Waals surface area contributed by atoms with E-state index in [2.05, 4.69) is 5.32 Å². The number of carbonyl (C=O) groups is 1. The molecule has 0 aliphatic heterocycles. The Morgan fingerprint density at radius 1 is 0.900 bits per heavy atom. The Labute approximate surface area is 173 Å². The van der Waals surface area contributed by atoms with Gasteiger partial charge < -0.3 is 19.4 Å². The van der Waals surface area contributed by atoms with Crippen LogP contribution >= 0.6 is 0 Å². The highest BCUT2D eigenvalue weighted by Gasteiger charge is 2.11. The molecule has 1 N–H and O–H groups in total. The molecular formula is C22H23N3O5. The van der Waals surface area contributed by atoms with Gasteiger partial charge in [0.1, 0.15) is 18.0 Å². The van der Waals surface area contributed by atoms with Gasteiger partial charge in [-0.05, 0) is 12.5 Å². The SMILES string of the molecule is COc1cc(NC(=O)Cn2ccn(Cc3ccc(C)cc3)c(=O)c2=O)cc(OC)c1. The number of aromatic nitrogens is 2. The lowest BCUT2D eigenvalue weighted by atomic mass is 10.1. The summed E-state index contributed by atoms with van der Waals surface area (Å²) in [5, 5.41) is 2.68. The van der Waals surface area contributed by atoms with Crippen molar-refractivity contribution in [1.82, 2.24) is 9.13 Å². The Balaban J connectivity index is 1.74. The van der Waals surface area contributed by atoms with Crippen molar-refractivity contribution in [1.29, 1.82) is 0 Å². The van der Waals surface area contributed by atoms with Crippen molar-refractivity contribution in [2.75, 3.05) is 19.5 Å². The van der Waals surface area contributed by atoms with E-state index >= 15 is 0 Å². The Hall–Kier alpha value is -3.81. The third-order valence-electron chi connectivity index (χ3n) is 4.55. The number of nitrogens with zero attached hydrogens (tertiary/aromatic N) is 2. The standard InChI is InChI=1S/C22H23N3O5/c1-15-4-6-16(7-5-15)13-24-8-9-25(22(28)21(24)27)14-20(26)23-17-10-18(29-2)12-19(11-17)30-3/h4-12H,13-14H2,1-3H3,(H,23,26). The van der Waals surface area contributed by atoms with E-state index in [9.17, 15) is 14.4 Å². The minimum atomic E-state index is -0.761. The van der Waals surface area contributed by atoms with Crippen molar-refractivity contribution in [3.05, 3.63) is 86.7 Å². The molecule has 8 heteroatoms. The van der Waals surface area contributed by atoms with Crippen LogP contribution in [-0.4, -0.2) is 29.3 Å². The molecule has 156 valence electrons. The third kappa shape index (κ3) is 4.96. The normalized spacial score (nSPS) is 10.5. The van der Waals surface area contributed by atoms with Crippen LogP contribution in [0.5, 0.6) is 11.5 Å². The summed E-state index contributed by atoms with van der Waals surface area (Å²) in [7, 11) is 3.01. The van der Waals surface area contributed by atoms with Crippen molar-refractivity contribution in [3.63, 3.8) is 0 Å². The summed E-state index contributed by atoms with van der Waals surface area (Å²) >= 11 is 0. The van der Waals surface area contributed by atoms with Crippen molar-refractivity contribution in [2.45, 2.75) is 20.0 Å². The fraction of sp³-hybridized carbons (Fsp3) is 0.227. The number of benzene rings is 2. The minimum Gasteiger partial charge on any atom is -0.497 e. The van der Waals surface area contributed by atoms with Gasteiger partial charge in [0.15, 0.2) is 0 Å². The fourth-order valence-electron chi connectivity index (χ4n) is 2.92. The average molecular weight is 409 g/mol. The second kappa shape index (κ2) is 9.13. The van der Waals surface area contributed by atoms with Gasteiger partial charge >= 0.3 is 11.1 Å². The van der Waals surface area contributed by atoms with E-state index in [-0.39, 0.29) is 13.1 Å². The molecule has 0 saturated carbocycles. The maximum atomic E-state index is 12.4. The first-order valence-electron chi connectivity index (χ1n) is 9.28. The van der Waals surface area contributed by atoms with Gasteiger partial charge in [0, 0.05) is 36.3 Å². The molecule has 30 heavy (non-hydrogen) atoms. The number of anilines is 1. The number of ether oxygens (including phenoxy) is 2. The van der Waals surface area contributed by atoms with Crippen molar-refractivity contribution in [2.24, 2.45) is 0 Å². The quantitative estimate of drug-likeness (QED) is 0.603. The van der Waals surface area contributed by atoms with E-state index in [4.69, 9.17) is 9.47 Å². The van der Waals surface area contributed by atoms with Crippen molar-refractivity contribution < 1.29 is 14.3 Å². The van der Waals surface area contributed by atoms with Gasteiger partial charge in [-0.1, -0.05) is 29.8 Å². The van der Waals surface area contributed by atoms with Crippen LogP contribution in [0.15, 0.2) is 64.4 Å². The molecule has 1 heterocycles. The second-order valence-electron chi connectivity index (χ2n) is 6.80. The van der Waals surface area contributed by atoms with Crippen LogP contribution in [0.4, 0.5) is 5.69 Å². The Kier molecular flexibility index (Phi) is 6.36. The van der Waals surface area contributed by atoms with Gasteiger partial charge in [-0.15, -0.1) is 0 Å². The molecule has 0 radical (unpaired) electrons. The molecule has 0 unspecified atom stereocenters. The lowest BCUT2D eigenvalue weighted by Gasteiger charge is -2.11. The summed E-state index contributed by atoms with van der Waals surface area (Å²) in [6.45, 7) is 1.97. The number of rotatable bonds is 7. The monoisotopic (exact) mass is 409 g/mol. The lowest BCUT2D eigenvalue weighted by molar-refractivity contribution is -0.116. The van der Waals surface area contributed by atoms with Crippen molar-refractivity contribution >= 4 is 11.6 Å². The first kappa shape index (κ1) is 20.9. The van der Waals surface area contributed by atoms with Crippen LogP contribution in [-0.2, 0) is 17.9 Å². The molecule has 0 aliphatic rings. The van der Waals surface area contributed by atoms with Gasteiger partial charge in [0.2, 0.25) is 5.91 Å². The largest absolute Gasteiger partial charge is 0.497 e. The fourth-order valence-corrected chi connectivity index (χ4v) is 2.92. The molecule has 1 aromatic heterocycles. The second-order valence-corrected chi connectivity index (χ2v) is 6.80. The molecular weight excluding hydrogens is 386 g/mol. The van der Waals surface area contributed by atoms with Gasteiger partial charge in [0.05, 0.1) is 20.8 Å². The predicted octanol–water partition coefficient (Wildman–Crippen LogP) is 2.02. The zero-order chi connectivity index (χ0) is 21.7. The van der Waals surface area contributed by atoms with E-state index in [1.54, 1.807) is 18.2 Å². The molecule has 1 amide bonds. The number of methoxy groups -OCH3 is 2. The summed E-state index contributed by atoms with van der Waals surface area (Å²) in [5.41, 5.74) is 1.03. The zero-order valence-corrected chi connectivity index (χ0v) is 17.0. The zero-order valence-electron chi connectivity index (χ0n) is 17.0. The summed E-state index contributed by atoms with van der Waals surface area (Å²) in [6.07, 6.45) is 2.94. The molecule has 3 rings (SSSR count). The van der Waals surface area contributed by atoms with Crippen molar-refractivity contribution in [3.8, 4) is 11.5 Å². The first-order valence-corrected chi connectivity index (χ1v) is 9.28. The van der Waals surface area contributed by atoms with Crippen LogP contribution < -0.4 is 25.9 Å². The van der Waals surface area contributed by atoms with Gasteiger partial charge in [-0.2, -0.15) is 0 Å². The van der Waals surface area contributed by atoms with Crippen LogP contribution in [0.3, 0.4) is 0 Å². The predicted molar refractivity (Wildman–Crippen MR) is 113 cm³/mol. The maximum absolute atomic E-state index is 12.4. The number of nitrogens with one attached hydrogen (secondary N) is 1. The number of hydrogen-bond donors (Lipinski definition) is 1. The summed E-state index contributed by atoms with van der Waals surface area (Å²) < 4.78 is 12.8. The molecule has 3 aromatic rings. The smallest absolute Gasteiger partial charge is 0.316 e. The third-order valence-corrected chi connectivity index (χ3v) is 4.55. The molecule has 0 atom stereocenters. The van der Waals surface area contributed by atoms with Gasteiger partial charge in [-0.25, -0.2) is 0 Å². The minimum absolute atomic E-state index is 0.283. The average Bonchev–Trinajstić information content (AvgIpc) is 2.74. The number of carbonyl (C=O) groups excluding carboxylic acids is 1. The molecule has 0 spiro atoms. The molecule has 8 nitrogen and oxygen atoms in total. The Morgan fingerprint density at radius 2 is 1.47 bits per heavy atom. The van der Waals surface area contributed by atoms with Crippen LogP contribution in [0.1, 0.15) is 11.1 Å². The summed E-state index contributed by atoms with van der Waals surface area (Å²) in [5.74, 6) is 0.573. The van der Waals surface area contributed by atoms with E-state index in [1.165, 1.54) is 31.2 Å². The molecule has 0 fully saturated rings. The number of aryl methyl sites for hydroxylation is 1. The van der Waals surface area contributed by atoms with E-state index in [0.29, 0.717) is 17.2 Å². The molecule has 2 aromatic carbocycles. The highest BCUT2D eigenvalue weighted by molar-refractivity contribution is 5.91. The highest BCUT2D eigenvalue weighted by Crippen LogP contribution is 2.25. The summed E-state index contributed by atoms with van der Waals surface area (Å²) in [6, 6.07) is 12.6.